The average Bonchev–Trinajstić information content (AvgIpc) is 2.20. The maximum Gasteiger partial charge on any atom is 0.216 e. The largest absolute Gasteiger partial charge is 0.544 e. The SMILES string of the molecule is C[NH+](CC(=O)[O-])CC(=O)c1ccc(Cl)c(Cl)c1. The Balaban J connectivity index is 2.70. The minimum atomic E-state index is -1.19. The number of carboxylic acids is 1. The fourth-order valence-electron chi connectivity index (χ4n) is 1.35. The van der Waals surface area contributed by atoms with Gasteiger partial charge in [-0.25, -0.2) is 0 Å². The molecule has 1 aromatic rings. The molecule has 1 N–H and O–H groups in total. The van der Waals surface area contributed by atoms with E-state index in [1.807, 2.05) is 0 Å². The Labute approximate surface area is 109 Å². The first-order chi connectivity index (χ1) is 7.90. The first kappa shape index (κ1) is 14.0. The molecule has 17 heavy (non-hydrogen) atoms. The van der Waals surface area contributed by atoms with Gasteiger partial charge in [0.25, 0.3) is 0 Å². The van der Waals surface area contributed by atoms with Crippen LogP contribution in [0.1, 0.15) is 10.4 Å². The molecule has 1 rings (SSSR count). The Morgan fingerprint density at radius 2 is 1.88 bits per heavy atom. The van der Waals surface area contributed by atoms with Gasteiger partial charge in [0.1, 0.15) is 13.1 Å². The van der Waals surface area contributed by atoms with E-state index in [0.717, 1.165) is 0 Å². The van der Waals surface area contributed by atoms with Crippen molar-refractivity contribution >= 4 is 35.0 Å². The predicted octanol–water partition coefficient (Wildman–Crippen LogP) is -0.559. The van der Waals surface area contributed by atoms with Gasteiger partial charge in [-0.15, -0.1) is 0 Å². The molecule has 92 valence electrons. The van der Waals surface area contributed by atoms with Crippen LogP contribution >= 0.6 is 23.2 Å². The van der Waals surface area contributed by atoms with Crippen molar-refractivity contribution in [2.24, 2.45) is 0 Å². The molecular formula is C11H11Cl2NO3. The monoisotopic (exact) mass is 275 g/mol. The normalized spacial score (nSPS) is 12.2. The van der Waals surface area contributed by atoms with E-state index in [2.05, 4.69) is 0 Å². The summed E-state index contributed by atoms with van der Waals surface area (Å²) >= 11 is 11.5. The summed E-state index contributed by atoms with van der Waals surface area (Å²) in [5.74, 6) is -1.38. The van der Waals surface area contributed by atoms with E-state index in [1.165, 1.54) is 12.1 Å². The summed E-state index contributed by atoms with van der Waals surface area (Å²) in [6.45, 7) is -0.154. The van der Waals surface area contributed by atoms with Crippen molar-refractivity contribution in [3.63, 3.8) is 0 Å². The summed E-state index contributed by atoms with van der Waals surface area (Å²) in [5, 5.41) is 11.0. The molecule has 0 bridgehead atoms. The van der Waals surface area contributed by atoms with Gasteiger partial charge in [-0.1, -0.05) is 23.2 Å². The maximum atomic E-state index is 11.8. The molecule has 0 aliphatic rings. The highest BCUT2D eigenvalue weighted by atomic mass is 35.5. The number of nitrogens with one attached hydrogen (secondary N) is 1. The molecule has 1 aromatic carbocycles. The van der Waals surface area contributed by atoms with E-state index in [4.69, 9.17) is 23.2 Å². The molecule has 0 heterocycles. The van der Waals surface area contributed by atoms with Crippen LogP contribution < -0.4 is 10.0 Å². The number of hydrogen-bond donors (Lipinski definition) is 1. The molecule has 0 spiro atoms. The molecule has 6 heteroatoms. The maximum absolute atomic E-state index is 11.8. The van der Waals surface area contributed by atoms with Crippen LogP contribution in [-0.4, -0.2) is 31.9 Å². The van der Waals surface area contributed by atoms with Gasteiger partial charge in [0.15, 0.2) is 0 Å². The minimum absolute atomic E-state index is 0.0614. The van der Waals surface area contributed by atoms with E-state index in [0.29, 0.717) is 20.5 Å². The lowest BCUT2D eigenvalue weighted by Gasteiger charge is -2.13. The topological polar surface area (TPSA) is 61.6 Å². The van der Waals surface area contributed by atoms with Crippen LogP contribution in [0.4, 0.5) is 0 Å². The number of carbonyl (C=O) groups is 2. The molecule has 0 amide bonds. The van der Waals surface area contributed by atoms with E-state index < -0.39 is 5.97 Å². The molecule has 0 radical (unpaired) electrons. The van der Waals surface area contributed by atoms with Crippen molar-refractivity contribution in [3.8, 4) is 0 Å². The van der Waals surface area contributed by atoms with Crippen LogP contribution in [-0.2, 0) is 4.79 Å². The zero-order valence-electron chi connectivity index (χ0n) is 9.13. The number of quaternary nitrogens is 1. The third-order valence-electron chi connectivity index (χ3n) is 2.15. The standard InChI is InChI=1S/C11H11Cl2NO3/c1-14(6-11(16)17)5-10(15)7-2-3-8(12)9(13)4-7/h2-4H,5-6H2,1H3,(H,16,17). The molecule has 4 nitrogen and oxygen atoms in total. The fourth-order valence-corrected chi connectivity index (χ4v) is 1.65. The number of carbonyl (C=O) groups excluding carboxylic acids is 2. The summed E-state index contributed by atoms with van der Waals surface area (Å²) in [7, 11) is 1.60. The van der Waals surface area contributed by atoms with Crippen molar-refractivity contribution in [1.29, 1.82) is 0 Å². The minimum Gasteiger partial charge on any atom is -0.544 e. The van der Waals surface area contributed by atoms with Crippen LogP contribution in [0.25, 0.3) is 0 Å². The highest BCUT2D eigenvalue weighted by Crippen LogP contribution is 2.22. The van der Waals surface area contributed by atoms with Crippen molar-refractivity contribution in [2.75, 3.05) is 20.1 Å². The Morgan fingerprint density at radius 3 is 2.41 bits per heavy atom. The number of benzene rings is 1. The number of hydrogen-bond acceptors (Lipinski definition) is 3. The van der Waals surface area contributed by atoms with Crippen molar-refractivity contribution in [2.45, 2.75) is 0 Å². The lowest BCUT2D eigenvalue weighted by molar-refractivity contribution is -0.864. The van der Waals surface area contributed by atoms with Gasteiger partial charge in [0.05, 0.1) is 23.1 Å². The highest BCUT2D eigenvalue weighted by molar-refractivity contribution is 6.42. The predicted molar refractivity (Wildman–Crippen MR) is 62.4 cm³/mol. The second-order valence-electron chi connectivity index (χ2n) is 3.73. The van der Waals surface area contributed by atoms with E-state index in [1.54, 1.807) is 13.1 Å². The third kappa shape index (κ3) is 4.34. The first-order valence-corrected chi connectivity index (χ1v) is 5.65. The number of aliphatic carboxylic acids is 1. The first-order valence-electron chi connectivity index (χ1n) is 4.89. The molecule has 0 aromatic heterocycles. The quantitative estimate of drug-likeness (QED) is 0.733. The molecule has 0 aliphatic heterocycles. The lowest BCUT2D eigenvalue weighted by atomic mass is 10.1. The molecular weight excluding hydrogens is 265 g/mol. The van der Waals surface area contributed by atoms with Gasteiger partial charge in [-0.05, 0) is 18.2 Å². The van der Waals surface area contributed by atoms with Crippen molar-refractivity contribution in [3.05, 3.63) is 33.8 Å². The summed E-state index contributed by atoms with van der Waals surface area (Å²) in [4.78, 5) is 22.7. The number of carboxylic acid groups (broad SMARTS) is 1. The van der Waals surface area contributed by atoms with Gasteiger partial charge < -0.3 is 14.8 Å². The Bertz CT molecular complexity index is 448. The van der Waals surface area contributed by atoms with Crippen LogP contribution in [0.3, 0.4) is 0 Å². The number of likely N-dealkylation sites (N-methyl/N-ethyl adjacent to an activating group) is 1. The number of rotatable bonds is 5. The molecule has 0 saturated heterocycles. The second-order valence-corrected chi connectivity index (χ2v) is 4.55. The van der Waals surface area contributed by atoms with Crippen LogP contribution in [0.5, 0.6) is 0 Å². The van der Waals surface area contributed by atoms with Gasteiger partial charge in [-0.2, -0.15) is 0 Å². The summed E-state index contributed by atoms with van der Waals surface area (Å²) in [5.41, 5.74) is 0.414. The van der Waals surface area contributed by atoms with Crippen LogP contribution in [0.15, 0.2) is 18.2 Å². The Kier molecular flexibility index (Phi) is 4.93. The van der Waals surface area contributed by atoms with Gasteiger partial charge in [-0.3, -0.25) is 4.79 Å². The smallest absolute Gasteiger partial charge is 0.216 e. The zero-order chi connectivity index (χ0) is 13.0. The van der Waals surface area contributed by atoms with Crippen molar-refractivity contribution < 1.29 is 19.6 Å². The number of Topliss-reactive ketones (excluding diaryl/α,β-unsaturated/α-hetero) is 1. The second kappa shape index (κ2) is 6.00. The number of ketones is 1. The third-order valence-corrected chi connectivity index (χ3v) is 2.89. The van der Waals surface area contributed by atoms with Crippen molar-refractivity contribution in [1.82, 2.24) is 0 Å². The molecule has 0 aliphatic carbocycles. The van der Waals surface area contributed by atoms with Gasteiger partial charge >= 0.3 is 0 Å². The Hall–Kier alpha value is -1.10. The van der Waals surface area contributed by atoms with Gasteiger partial charge in [0.2, 0.25) is 5.78 Å². The van der Waals surface area contributed by atoms with Crippen LogP contribution in [0.2, 0.25) is 10.0 Å². The molecule has 1 atom stereocenters. The fraction of sp³-hybridized carbons (Fsp3) is 0.273. The van der Waals surface area contributed by atoms with Gasteiger partial charge in [0, 0.05) is 5.56 Å². The molecule has 1 unspecified atom stereocenters. The summed E-state index contributed by atoms with van der Waals surface area (Å²) in [6.07, 6.45) is 0. The molecule has 0 saturated carbocycles. The van der Waals surface area contributed by atoms with E-state index in [-0.39, 0.29) is 18.9 Å². The summed E-state index contributed by atoms with van der Waals surface area (Å²) < 4.78 is 0. The van der Waals surface area contributed by atoms with E-state index >= 15 is 0 Å². The lowest BCUT2D eigenvalue weighted by Crippen LogP contribution is -3.11. The summed E-state index contributed by atoms with van der Waals surface area (Å²) in [6, 6.07) is 4.56. The average molecular weight is 276 g/mol. The molecule has 0 fully saturated rings. The Morgan fingerprint density at radius 1 is 1.24 bits per heavy atom. The van der Waals surface area contributed by atoms with Crippen LogP contribution in [0, 0.1) is 0 Å². The van der Waals surface area contributed by atoms with E-state index in [9.17, 15) is 14.7 Å². The number of halogens is 2. The zero-order valence-corrected chi connectivity index (χ0v) is 10.6. The highest BCUT2D eigenvalue weighted by Gasteiger charge is 2.13.